The Labute approximate surface area is 95.7 Å². The number of hydrogen-bond donors (Lipinski definition) is 1. The Hall–Kier alpha value is -0.900. The Morgan fingerprint density at radius 1 is 1.12 bits per heavy atom. The third kappa shape index (κ3) is 1.86. The van der Waals surface area contributed by atoms with Crippen LogP contribution in [0.15, 0.2) is 0 Å². The highest BCUT2D eigenvalue weighted by molar-refractivity contribution is 5.03. The second-order valence-corrected chi connectivity index (χ2v) is 5.09. The van der Waals surface area contributed by atoms with Crippen LogP contribution in [0.5, 0.6) is 0 Å². The van der Waals surface area contributed by atoms with Gasteiger partial charge < -0.3 is 5.11 Å². The zero-order chi connectivity index (χ0) is 11.0. The zero-order valence-electron chi connectivity index (χ0n) is 9.60. The fraction of sp³-hybridized carbons (Fsp3) is 0.833. The van der Waals surface area contributed by atoms with Gasteiger partial charge in [-0.3, -0.25) is 0 Å². The molecule has 1 aromatic rings. The number of aliphatic hydroxyl groups excluding tert-OH is 1. The lowest BCUT2D eigenvalue weighted by Gasteiger charge is -2.18. The quantitative estimate of drug-likeness (QED) is 0.784. The van der Waals surface area contributed by atoms with Crippen LogP contribution in [0.3, 0.4) is 0 Å². The summed E-state index contributed by atoms with van der Waals surface area (Å²) in [5.41, 5.74) is 0. The summed E-state index contributed by atoms with van der Waals surface area (Å²) in [5, 5.41) is 14.2. The van der Waals surface area contributed by atoms with Crippen molar-refractivity contribution in [1.29, 1.82) is 0 Å². The average Bonchev–Trinajstić information content (AvgIpc) is 2.73. The number of rotatable bonds is 1. The minimum atomic E-state index is -0.212. The molecule has 2 aliphatic rings. The first-order chi connectivity index (χ1) is 7.83. The molecule has 1 N–H and O–H groups in total. The Balaban J connectivity index is 1.80. The van der Waals surface area contributed by atoms with Crippen LogP contribution in [0.1, 0.15) is 56.1 Å². The summed E-state index contributed by atoms with van der Waals surface area (Å²) in [6.45, 7) is 0.830. The van der Waals surface area contributed by atoms with Crippen molar-refractivity contribution in [2.45, 2.75) is 63.5 Å². The van der Waals surface area contributed by atoms with E-state index in [1.54, 1.807) is 0 Å². The number of aryl methyl sites for hydroxylation is 1. The molecule has 1 fully saturated rings. The predicted molar refractivity (Wildman–Crippen MR) is 60.2 cm³/mol. The van der Waals surface area contributed by atoms with Crippen LogP contribution in [-0.2, 0) is 13.0 Å². The van der Waals surface area contributed by atoms with E-state index in [2.05, 4.69) is 10.1 Å². The summed E-state index contributed by atoms with van der Waals surface area (Å²) in [4.78, 5) is 4.62. The van der Waals surface area contributed by atoms with Gasteiger partial charge in [-0.05, 0) is 19.3 Å². The van der Waals surface area contributed by atoms with Crippen molar-refractivity contribution in [2.24, 2.45) is 0 Å². The van der Waals surface area contributed by atoms with Gasteiger partial charge in [0.25, 0.3) is 0 Å². The van der Waals surface area contributed by atoms with Crippen molar-refractivity contribution in [2.75, 3.05) is 0 Å². The van der Waals surface area contributed by atoms with E-state index in [-0.39, 0.29) is 6.10 Å². The summed E-state index contributed by atoms with van der Waals surface area (Å²) >= 11 is 0. The first-order valence-electron chi connectivity index (χ1n) is 6.44. The van der Waals surface area contributed by atoms with E-state index in [1.165, 1.54) is 32.1 Å². The molecule has 2 heterocycles. The van der Waals surface area contributed by atoms with Gasteiger partial charge in [0, 0.05) is 18.9 Å². The Morgan fingerprint density at radius 3 is 2.75 bits per heavy atom. The normalized spacial score (nSPS) is 26.7. The zero-order valence-corrected chi connectivity index (χ0v) is 9.60. The maximum absolute atomic E-state index is 9.59. The van der Waals surface area contributed by atoms with Gasteiger partial charge in [0.1, 0.15) is 5.82 Å². The smallest absolute Gasteiger partial charge is 0.154 e. The van der Waals surface area contributed by atoms with E-state index in [0.29, 0.717) is 12.3 Å². The van der Waals surface area contributed by atoms with Crippen molar-refractivity contribution in [3.8, 4) is 0 Å². The van der Waals surface area contributed by atoms with E-state index < -0.39 is 0 Å². The maximum Gasteiger partial charge on any atom is 0.154 e. The number of fused-ring (bicyclic) bond motifs is 1. The van der Waals surface area contributed by atoms with E-state index in [1.807, 2.05) is 4.68 Å². The van der Waals surface area contributed by atoms with Gasteiger partial charge in [-0.25, -0.2) is 9.67 Å². The van der Waals surface area contributed by atoms with Crippen molar-refractivity contribution in [3.63, 3.8) is 0 Å². The molecule has 0 amide bonds. The molecule has 16 heavy (non-hydrogen) atoms. The van der Waals surface area contributed by atoms with Crippen molar-refractivity contribution in [3.05, 3.63) is 11.6 Å². The third-order valence-corrected chi connectivity index (χ3v) is 3.83. The number of hydrogen-bond acceptors (Lipinski definition) is 3. The summed E-state index contributed by atoms with van der Waals surface area (Å²) < 4.78 is 2.00. The fourth-order valence-corrected chi connectivity index (χ4v) is 2.84. The molecule has 0 saturated heterocycles. The van der Waals surface area contributed by atoms with Crippen LogP contribution in [0, 0.1) is 0 Å². The second-order valence-electron chi connectivity index (χ2n) is 5.09. The van der Waals surface area contributed by atoms with Crippen LogP contribution in [0.4, 0.5) is 0 Å². The number of nitrogens with zero attached hydrogens (tertiary/aromatic N) is 3. The molecule has 1 atom stereocenters. The lowest BCUT2D eigenvalue weighted by molar-refractivity contribution is 0.138. The summed E-state index contributed by atoms with van der Waals surface area (Å²) in [5.74, 6) is 2.59. The molecule has 0 radical (unpaired) electrons. The molecule has 0 aromatic carbocycles. The van der Waals surface area contributed by atoms with Crippen LogP contribution >= 0.6 is 0 Å². The van der Waals surface area contributed by atoms with Crippen LogP contribution < -0.4 is 0 Å². The standard InChI is InChI=1S/C12H19N3O/c16-10-6-7-15-11(8-10)13-12(14-15)9-4-2-1-3-5-9/h9-10,16H,1-8H2. The second kappa shape index (κ2) is 4.17. The van der Waals surface area contributed by atoms with Gasteiger partial charge in [0.2, 0.25) is 0 Å². The molecule has 1 aromatic heterocycles. The summed E-state index contributed by atoms with van der Waals surface area (Å²) in [6, 6.07) is 0. The first kappa shape index (κ1) is 10.3. The van der Waals surface area contributed by atoms with Gasteiger partial charge in [-0.2, -0.15) is 5.10 Å². The molecule has 1 aliphatic heterocycles. The van der Waals surface area contributed by atoms with Gasteiger partial charge in [0.05, 0.1) is 6.10 Å². The first-order valence-corrected chi connectivity index (χ1v) is 6.44. The molecular weight excluding hydrogens is 202 g/mol. The lowest BCUT2D eigenvalue weighted by Crippen LogP contribution is -2.23. The molecule has 0 bridgehead atoms. The van der Waals surface area contributed by atoms with Gasteiger partial charge >= 0.3 is 0 Å². The van der Waals surface area contributed by atoms with Crippen LogP contribution in [0.25, 0.3) is 0 Å². The Kier molecular flexibility index (Phi) is 2.67. The largest absolute Gasteiger partial charge is 0.393 e. The van der Waals surface area contributed by atoms with Crippen LogP contribution in [-0.4, -0.2) is 26.0 Å². The number of aromatic nitrogens is 3. The SMILES string of the molecule is OC1CCn2nc(C3CCCCC3)nc2C1. The minimum Gasteiger partial charge on any atom is -0.393 e. The highest BCUT2D eigenvalue weighted by Crippen LogP contribution is 2.31. The Bertz CT molecular complexity index is 368. The van der Waals surface area contributed by atoms with Gasteiger partial charge in [-0.1, -0.05) is 19.3 Å². The molecule has 4 heteroatoms. The molecular formula is C12H19N3O. The van der Waals surface area contributed by atoms with E-state index in [0.717, 1.165) is 24.6 Å². The molecule has 1 aliphatic carbocycles. The topological polar surface area (TPSA) is 50.9 Å². The molecule has 1 saturated carbocycles. The van der Waals surface area contributed by atoms with Crippen molar-refractivity contribution < 1.29 is 5.11 Å². The predicted octanol–water partition coefficient (Wildman–Crippen LogP) is 1.63. The summed E-state index contributed by atoms with van der Waals surface area (Å²) in [6.07, 6.45) is 7.77. The van der Waals surface area contributed by atoms with Gasteiger partial charge in [0.15, 0.2) is 5.82 Å². The third-order valence-electron chi connectivity index (χ3n) is 3.83. The highest BCUT2D eigenvalue weighted by atomic mass is 16.3. The molecule has 4 nitrogen and oxygen atoms in total. The molecule has 0 spiro atoms. The van der Waals surface area contributed by atoms with Gasteiger partial charge in [-0.15, -0.1) is 0 Å². The van der Waals surface area contributed by atoms with E-state index in [9.17, 15) is 5.11 Å². The average molecular weight is 221 g/mol. The summed E-state index contributed by atoms with van der Waals surface area (Å²) in [7, 11) is 0. The monoisotopic (exact) mass is 221 g/mol. The minimum absolute atomic E-state index is 0.212. The van der Waals surface area contributed by atoms with Crippen LogP contribution in [0.2, 0.25) is 0 Å². The maximum atomic E-state index is 9.59. The van der Waals surface area contributed by atoms with Crippen molar-refractivity contribution in [1.82, 2.24) is 14.8 Å². The van der Waals surface area contributed by atoms with E-state index >= 15 is 0 Å². The number of aliphatic hydroxyl groups is 1. The molecule has 88 valence electrons. The lowest BCUT2D eigenvalue weighted by atomic mass is 9.89. The highest BCUT2D eigenvalue weighted by Gasteiger charge is 2.24. The molecule has 1 unspecified atom stereocenters. The Morgan fingerprint density at radius 2 is 1.94 bits per heavy atom. The van der Waals surface area contributed by atoms with Crippen molar-refractivity contribution >= 4 is 0 Å². The fourth-order valence-electron chi connectivity index (χ4n) is 2.84. The van der Waals surface area contributed by atoms with E-state index in [4.69, 9.17) is 0 Å². The molecule has 3 rings (SSSR count).